The lowest BCUT2D eigenvalue weighted by molar-refractivity contribution is -0.161. The zero-order chi connectivity index (χ0) is 69.8. The van der Waals surface area contributed by atoms with Crippen molar-refractivity contribution in [1.29, 1.82) is 0 Å². The van der Waals surface area contributed by atoms with E-state index in [2.05, 4.69) is 34.6 Å². The second kappa shape index (κ2) is 69.2. The average Bonchev–Trinajstić information content (AvgIpc) is 1.28. The summed E-state index contributed by atoms with van der Waals surface area (Å²) in [6.07, 6.45) is 58.2. The lowest BCUT2D eigenvalue weighted by Crippen LogP contribution is -2.30. The fourth-order valence-corrected chi connectivity index (χ4v) is 13.3. The van der Waals surface area contributed by atoms with Crippen molar-refractivity contribution < 1.29 is 80.2 Å². The minimum atomic E-state index is -4.96. The quantitative estimate of drug-likeness (QED) is 0.0222. The molecule has 95 heavy (non-hydrogen) atoms. The highest BCUT2D eigenvalue weighted by molar-refractivity contribution is 7.47. The number of phosphoric ester groups is 2. The van der Waals surface area contributed by atoms with Crippen molar-refractivity contribution >= 4 is 39.5 Å². The van der Waals surface area contributed by atoms with Crippen LogP contribution in [0.5, 0.6) is 0 Å². The van der Waals surface area contributed by atoms with Crippen molar-refractivity contribution in [3.63, 3.8) is 0 Å². The van der Waals surface area contributed by atoms with E-state index in [1.807, 2.05) is 0 Å². The van der Waals surface area contributed by atoms with E-state index in [4.69, 9.17) is 37.0 Å². The largest absolute Gasteiger partial charge is 0.472 e. The Hall–Kier alpha value is -1.94. The monoisotopic (exact) mass is 1400 g/mol. The van der Waals surface area contributed by atoms with Gasteiger partial charge >= 0.3 is 39.5 Å². The van der Waals surface area contributed by atoms with E-state index < -0.39 is 97.5 Å². The summed E-state index contributed by atoms with van der Waals surface area (Å²) in [7, 11) is -9.91. The van der Waals surface area contributed by atoms with Crippen LogP contribution in [0.25, 0.3) is 0 Å². The van der Waals surface area contributed by atoms with E-state index in [1.54, 1.807) is 0 Å². The van der Waals surface area contributed by atoms with Crippen molar-refractivity contribution in [3.05, 3.63) is 0 Å². The Balaban J connectivity index is 5.20. The van der Waals surface area contributed by atoms with E-state index in [-0.39, 0.29) is 25.7 Å². The summed E-state index contributed by atoms with van der Waals surface area (Å²) in [6.45, 7) is 7.31. The van der Waals surface area contributed by atoms with Crippen LogP contribution >= 0.6 is 15.6 Å². The Labute approximate surface area is 581 Å². The molecule has 0 aliphatic heterocycles. The molecule has 0 radical (unpaired) electrons. The molecule has 17 nitrogen and oxygen atoms in total. The van der Waals surface area contributed by atoms with Gasteiger partial charge in [-0.25, -0.2) is 9.13 Å². The van der Waals surface area contributed by atoms with Gasteiger partial charge in [0.2, 0.25) is 0 Å². The number of aliphatic hydroxyl groups is 1. The zero-order valence-electron chi connectivity index (χ0n) is 61.8. The van der Waals surface area contributed by atoms with Crippen LogP contribution in [0.15, 0.2) is 0 Å². The van der Waals surface area contributed by atoms with Crippen LogP contribution in [0.1, 0.15) is 401 Å². The lowest BCUT2D eigenvalue weighted by Gasteiger charge is -2.21. The first-order valence-electron chi connectivity index (χ1n) is 39.6. The number of hydrogen-bond acceptors (Lipinski definition) is 15. The molecular formula is C76H148O17P2. The number of phosphoric acid groups is 2. The van der Waals surface area contributed by atoms with Crippen LogP contribution in [0.2, 0.25) is 0 Å². The molecule has 0 bridgehead atoms. The smallest absolute Gasteiger partial charge is 0.462 e. The molecule has 0 rings (SSSR count). The van der Waals surface area contributed by atoms with E-state index in [0.29, 0.717) is 25.7 Å². The minimum absolute atomic E-state index is 0.108. The zero-order valence-corrected chi connectivity index (χ0v) is 63.6. The third kappa shape index (κ3) is 70.3. The molecule has 0 saturated carbocycles. The lowest BCUT2D eigenvalue weighted by atomic mass is 10.0. The molecule has 0 aromatic heterocycles. The van der Waals surface area contributed by atoms with Crippen LogP contribution in [0.4, 0.5) is 0 Å². The van der Waals surface area contributed by atoms with Gasteiger partial charge in [-0.2, -0.15) is 0 Å². The maximum Gasteiger partial charge on any atom is 0.472 e. The van der Waals surface area contributed by atoms with Gasteiger partial charge < -0.3 is 33.8 Å². The molecule has 2 unspecified atom stereocenters. The summed E-state index contributed by atoms with van der Waals surface area (Å²) < 4.78 is 68.5. The van der Waals surface area contributed by atoms with Gasteiger partial charge in [-0.05, 0) is 31.6 Å². The number of aliphatic hydroxyl groups excluding tert-OH is 1. The van der Waals surface area contributed by atoms with E-state index in [0.717, 1.165) is 102 Å². The second-order valence-electron chi connectivity index (χ2n) is 27.9. The third-order valence-corrected chi connectivity index (χ3v) is 19.7. The molecule has 0 fully saturated rings. The van der Waals surface area contributed by atoms with Crippen molar-refractivity contribution in [2.75, 3.05) is 39.6 Å². The highest BCUT2D eigenvalue weighted by Crippen LogP contribution is 2.45. The molecular weight excluding hydrogens is 1250 g/mol. The van der Waals surface area contributed by atoms with Gasteiger partial charge in [-0.3, -0.25) is 37.3 Å². The maximum absolute atomic E-state index is 13.1. The fourth-order valence-electron chi connectivity index (χ4n) is 11.7. The number of rotatable bonds is 76. The van der Waals surface area contributed by atoms with Crippen molar-refractivity contribution in [3.8, 4) is 0 Å². The standard InChI is InChI=1S/C76H148O17P2/c1-6-9-12-15-18-21-23-25-32-36-40-45-50-55-60-74(79)87-66-72(93-76(81)62-57-52-47-42-38-34-30-28-27-29-31-35-39-43-48-53-58-69(4)5)68-91-95(84,85)89-64-70(77)63-88-94(82,83)90-67-71(65-86-73(78)59-54-49-44-20-17-14-11-8-3)92-75(80)61-56-51-46-41-37-33-26-24-22-19-16-13-10-7-2/h69-72,77H,6-68H2,1-5H3,(H,82,83)(H,84,85)/t70-,71+,72+/m0/s1. The highest BCUT2D eigenvalue weighted by Gasteiger charge is 2.30. The van der Waals surface area contributed by atoms with E-state index in [1.165, 1.54) is 218 Å². The average molecular weight is 1400 g/mol. The SMILES string of the molecule is CCCCCCCCCCCCCCCCC(=O)OC[C@H](COP(=O)(O)OC[C@@H](O)COP(=O)(O)OC[C@@H](COC(=O)CCCCCCCCCC)OC(=O)CCCCCCCCCCCCCCCC)OC(=O)CCCCCCCCCCCCCCCCCCC(C)C. The number of ether oxygens (including phenoxy) is 4. The molecule has 19 heteroatoms. The Morgan fingerprint density at radius 1 is 0.284 bits per heavy atom. The molecule has 0 aliphatic rings. The van der Waals surface area contributed by atoms with Gasteiger partial charge in [-0.1, -0.05) is 349 Å². The first-order valence-corrected chi connectivity index (χ1v) is 42.6. The predicted octanol–water partition coefficient (Wildman–Crippen LogP) is 22.5. The number of esters is 4. The number of carbonyl (C=O) groups excluding carboxylic acids is 4. The van der Waals surface area contributed by atoms with Gasteiger partial charge in [0.1, 0.15) is 19.3 Å². The van der Waals surface area contributed by atoms with Crippen molar-refractivity contribution in [2.24, 2.45) is 5.92 Å². The van der Waals surface area contributed by atoms with Crippen molar-refractivity contribution in [1.82, 2.24) is 0 Å². The molecule has 3 N–H and O–H groups in total. The summed E-state index contributed by atoms with van der Waals surface area (Å²) in [5.41, 5.74) is 0. The Morgan fingerprint density at radius 3 is 0.716 bits per heavy atom. The molecule has 0 heterocycles. The first-order chi connectivity index (χ1) is 46.0. The summed E-state index contributed by atoms with van der Waals surface area (Å²) in [4.78, 5) is 72.7. The van der Waals surface area contributed by atoms with Crippen LogP contribution in [-0.4, -0.2) is 96.7 Å². The van der Waals surface area contributed by atoms with Gasteiger partial charge in [0.15, 0.2) is 12.2 Å². The second-order valence-corrected chi connectivity index (χ2v) is 30.8. The van der Waals surface area contributed by atoms with Crippen molar-refractivity contribution in [2.45, 2.75) is 419 Å². The Morgan fingerprint density at radius 2 is 0.484 bits per heavy atom. The van der Waals surface area contributed by atoms with Crippen LogP contribution < -0.4 is 0 Å². The summed E-state index contributed by atoms with van der Waals surface area (Å²) in [5, 5.41) is 10.6. The van der Waals surface area contributed by atoms with Gasteiger partial charge in [0, 0.05) is 25.7 Å². The van der Waals surface area contributed by atoms with Gasteiger partial charge in [0.25, 0.3) is 0 Å². The Kier molecular flexibility index (Phi) is 67.7. The highest BCUT2D eigenvalue weighted by atomic mass is 31.2. The van der Waals surface area contributed by atoms with Crippen LogP contribution in [0, 0.1) is 5.92 Å². The molecule has 0 aromatic carbocycles. The summed E-state index contributed by atoms with van der Waals surface area (Å²) >= 11 is 0. The molecule has 5 atom stereocenters. The number of hydrogen-bond donors (Lipinski definition) is 3. The number of carbonyl (C=O) groups is 4. The molecule has 0 spiro atoms. The van der Waals surface area contributed by atoms with Gasteiger partial charge in [-0.15, -0.1) is 0 Å². The maximum atomic E-state index is 13.1. The normalized spacial score (nSPS) is 13.9. The summed E-state index contributed by atoms with van der Waals surface area (Å²) in [5.74, 6) is -1.30. The first kappa shape index (κ1) is 93.1. The topological polar surface area (TPSA) is 237 Å². The predicted molar refractivity (Wildman–Crippen MR) is 386 cm³/mol. The molecule has 0 aromatic rings. The van der Waals surface area contributed by atoms with E-state index in [9.17, 15) is 43.2 Å². The molecule has 0 aliphatic carbocycles. The molecule has 564 valence electrons. The van der Waals surface area contributed by atoms with E-state index >= 15 is 0 Å². The van der Waals surface area contributed by atoms with Gasteiger partial charge in [0.05, 0.1) is 26.4 Å². The Bertz CT molecular complexity index is 1820. The fraction of sp³-hybridized carbons (Fsp3) is 0.947. The van der Waals surface area contributed by atoms with Crippen LogP contribution in [-0.2, 0) is 65.4 Å². The third-order valence-electron chi connectivity index (χ3n) is 17.8. The minimum Gasteiger partial charge on any atom is -0.462 e. The number of unbranched alkanes of at least 4 members (excludes halogenated alkanes) is 48. The molecule has 0 amide bonds. The van der Waals surface area contributed by atoms with Crippen LogP contribution in [0.3, 0.4) is 0 Å². The molecule has 0 saturated heterocycles. The summed E-state index contributed by atoms with van der Waals surface area (Å²) in [6, 6.07) is 0.